The molecular formula is C29H38FN7O4S. The molecule has 0 spiro atoms. The van der Waals surface area contributed by atoms with Gasteiger partial charge in [-0.2, -0.15) is 0 Å². The zero-order chi connectivity index (χ0) is 30.3. The molecule has 5 rings (SSSR count). The zero-order valence-electron chi connectivity index (χ0n) is 24.9. The van der Waals surface area contributed by atoms with Gasteiger partial charge in [-0.25, -0.2) is 17.8 Å². The third-order valence-electron chi connectivity index (χ3n) is 7.87. The average molecular weight is 600 g/mol. The molecule has 1 aliphatic carbocycles. The second-order valence-corrected chi connectivity index (χ2v) is 13.4. The molecule has 1 aromatic carbocycles. The molecule has 3 aromatic rings. The van der Waals surface area contributed by atoms with Crippen molar-refractivity contribution in [2.24, 2.45) is 0 Å². The first-order valence-corrected chi connectivity index (χ1v) is 15.5. The van der Waals surface area contributed by atoms with Gasteiger partial charge in [0, 0.05) is 45.5 Å². The van der Waals surface area contributed by atoms with Crippen molar-refractivity contribution in [2.75, 3.05) is 74.4 Å². The number of amides is 1. The highest BCUT2D eigenvalue weighted by Gasteiger charge is 2.37. The minimum atomic E-state index is -3.63. The van der Waals surface area contributed by atoms with E-state index in [-0.39, 0.29) is 29.6 Å². The van der Waals surface area contributed by atoms with E-state index >= 15 is 4.39 Å². The first-order chi connectivity index (χ1) is 19.9. The van der Waals surface area contributed by atoms with E-state index in [4.69, 9.17) is 4.74 Å². The Labute approximate surface area is 246 Å². The molecule has 2 aromatic heterocycles. The van der Waals surface area contributed by atoms with Crippen LogP contribution in [0.3, 0.4) is 0 Å². The maximum Gasteiger partial charge on any atom is 0.235 e. The molecule has 1 fully saturated rings. The minimum absolute atomic E-state index is 0.102. The smallest absolute Gasteiger partial charge is 0.235 e. The fourth-order valence-corrected chi connectivity index (χ4v) is 6.58. The fraction of sp³-hybridized carbons (Fsp3) is 0.483. The van der Waals surface area contributed by atoms with E-state index in [1.54, 1.807) is 25.5 Å². The second-order valence-electron chi connectivity index (χ2n) is 11.5. The number of ether oxygens (including phenoxy) is 1. The van der Waals surface area contributed by atoms with Gasteiger partial charge in [-0.1, -0.05) is 0 Å². The molecule has 1 amide bonds. The Morgan fingerprint density at radius 1 is 1.14 bits per heavy atom. The number of anilines is 4. The Balaban J connectivity index is 1.69. The summed E-state index contributed by atoms with van der Waals surface area (Å²) in [6.45, 7) is 3.74. The molecule has 1 unspecified atom stereocenters. The fourth-order valence-electron chi connectivity index (χ4n) is 5.20. The van der Waals surface area contributed by atoms with Crippen LogP contribution in [0.15, 0.2) is 24.5 Å². The number of nitrogens with one attached hydrogen (secondary N) is 1. The molecule has 11 nitrogen and oxygen atoms in total. The van der Waals surface area contributed by atoms with Crippen molar-refractivity contribution in [2.45, 2.75) is 37.5 Å². The minimum Gasteiger partial charge on any atom is -0.490 e. The molecule has 0 bridgehead atoms. The molecule has 0 saturated heterocycles. The van der Waals surface area contributed by atoms with E-state index in [2.05, 4.69) is 19.6 Å². The van der Waals surface area contributed by atoms with Crippen molar-refractivity contribution < 1.29 is 22.3 Å². The van der Waals surface area contributed by atoms with Gasteiger partial charge in [0.15, 0.2) is 5.82 Å². The van der Waals surface area contributed by atoms with Crippen molar-refractivity contribution >= 4 is 50.2 Å². The highest BCUT2D eigenvalue weighted by Crippen LogP contribution is 2.48. The number of pyridine rings is 2. The first-order valence-electron chi connectivity index (χ1n) is 14.0. The Morgan fingerprint density at radius 2 is 1.88 bits per heavy atom. The molecule has 1 atom stereocenters. The topological polar surface area (TPSA) is 111 Å². The van der Waals surface area contributed by atoms with Crippen LogP contribution in [0.4, 0.5) is 27.3 Å². The lowest BCUT2D eigenvalue weighted by atomic mass is 10.00. The summed E-state index contributed by atoms with van der Waals surface area (Å²) in [4.78, 5) is 28.2. The van der Waals surface area contributed by atoms with E-state index in [0.717, 1.165) is 13.0 Å². The van der Waals surface area contributed by atoms with Crippen LogP contribution < -0.4 is 24.2 Å². The molecule has 0 radical (unpaired) electrons. The number of carbonyl (C=O) groups is 1. The molecule has 1 N–H and O–H groups in total. The van der Waals surface area contributed by atoms with Gasteiger partial charge in [0.1, 0.15) is 18.2 Å². The number of carbonyl (C=O) groups excluding carboxylic acids is 1. The van der Waals surface area contributed by atoms with E-state index in [1.807, 2.05) is 44.9 Å². The van der Waals surface area contributed by atoms with Crippen LogP contribution in [-0.4, -0.2) is 95.9 Å². The lowest BCUT2D eigenvalue weighted by Gasteiger charge is -2.28. The van der Waals surface area contributed by atoms with E-state index in [1.165, 1.54) is 11.0 Å². The number of halogens is 1. The van der Waals surface area contributed by atoms with Crippen molar-refractivity contribution in [1.82, 2.24) is 14.9 Å². The zero-order valence-corrected chi connectivity index (χ0v) is 25.7. The number of hydrogen-bond donors (Lipinski definition) is 1. The second kappa shape index (κ2) is 11.5. The third-order valence-corrected chi connectivity index (χ3v) is 9.72. The van der Waals surface area contributed by atoms with Crippen LogP contribution in [0.1, 0.15) is 26.2 Å². The van der Waals surface area contributed by atoms with E-state index in [9.17, 15) is 13.2 Å². The molecule has 2 aliphatic rings. The quantitative estimate of drug-likeness (QED) is 0.331. The molecule has 13 heteroatoms. The third kappa shape index (κ3) is 5.67. The summed E-state index contributed by atoms with van der Waals surface area (Å²) in [5.41, 5.74) is 2.42. The molecule has 226 valence electrons. The monoisotopic (exact) mass is 599 g/mol. The number of nitrogens with zero attached hydrogens (tertiary/aromatic N) is 6. The van der Waals surface area contributed by atoms with Crippen LogP contribution in [0.5, 0.6) is 5.75 Å². The summed E-state index contributed by atoms with van der Waals surface area (Å²) in [7, 11) is 5.76. The predicted octanol–water partition coefficient (Wildman–Crippen LogP) is 3.54. The van der Waals surface area contributed by atoms with Gasteiger partial charge in [-0.15, -0.1) is 0 Å². The van der Waals surface area contributed by atoms with Crippen LogP contribution >= 0.6 is 0 Å². The number of sulfonamides is 1. The van der Waals surface area contributed by atoms with Crippen LogP contribution in [0, 0.1) is 5.82 Å². The summed E-state index contributed by atoms with van der Waals surface area (Å²) in [6, 6.07) is 2.86. The lowest BCUT2D eigenvalue weighted by Crippen LogP contribution is -2.33. The van der Waals surface area contributed by atoms with Crippen molar-refractivity contribution in [3.63, 3.8) is 0 Å². The summed E-state index contributed by atoms with van der Waals surface area (Å²) < 4.78 is 51.1. The van der Waals surface area contributed by atoms with Crippen molar-refractivity contribution in [3.05, 3.63) is 30.3 Å². The SMILES string of the molecule is CC1COc2c(-c3cnc(N(C)CCCN(C)C)c(NS(=O)(=O)C4CC4)c3)c(F)cc3ncc(N(C)C=O)c(c23)N1C. The number of aromatic nitrogens is 2. The van der Waals surface area contributed by atoms with Gasteiger partial charge in [-0.05, 0) is 52.9 Å². The molecule has 3 heterocycles. The first kappa shape index (κ1) is 29.8. The number of benzene rings is 1. The molecule has 42 heavy (non-hydrogen) atoms. The van der Waals surface area contributed by atoms with Gasteiger partial charge in [0.25, 0.3) is 0 Å². The van der Waals surface area contributed by atoms with Gasteiger partial charge in [0.05, 0.1) is 51.0 Å². The van der Waals surface area contributed by atoms with Gasteiger partial charge < -0.3 is 24.3 Å². The highest BCUT2D eigenvalue weighted by molar-refractivity contribution is 7.93. The van der Waals surface area contributed by atoms with Crippen LogP contribution in [0.25, 0.3) is 22.0 Å². The van der Waals surface area contributed by atoms with Crippen molar-refractivity contribution in [3.8, 4) is 16.9 Å². The van der Waals surface area contributed by atoms with Gasteiger partial charge in [-0.3, -0.25) is 14.5 Å². The molecular weight excluding hydrogens is 561 g/mol. The highest BCUT2D eigenvalue weighted by atomic mass is 32.2. The van der Waals surface area contributed by atoms with Gasteiger partial charge in [0.2, 0.25) is 16.4 Å². The maximum absolute atomic E-state index is 16.0. The number of likely N-dealkylation sites (N-methyl/N-ethyl adjacent to an activating group) is 1. The number of hydrogen-bond acceptors (Lipinski definition) is 9. The van der Waals surface area contributed by atoms with E-state index in [0.29, 0.717) is 59.5 Å². The Kier molecular flexibility index (Phi) is 8.17. The lowest BCUT2D eigenvalue weighted by molar-refractivity contribution is -0.107. The summed E-state index contributed by atoms with van der Waals surface area (Å²) in [5, 5.41) is 0.117. The standard InChI is InChI=1S/C29H38FN7O4S/c1-18-16-41-28-25(21(30)13-22-26(28)27(37(18)6)24(15-31-22)36(5)17-38)19-12-23(33-42(39,40)20-8-9-20)29(32-14-19)35(4)11-7-10-34(2)3/h12-15,17-18,20,33H,7-11,16H2,1-6H3. The predicted molar refractivity (Wildman–Crippen MR) is 165 cm³/mol. The average Bonchev–Trinajstić information content (AvgIpc) is 3.80. The van der Waals surface area contributed by atoms with Gasteiger partial charge >= 0.3 is 0 Å². The van der Waals surface area contributed by atoms with E-state index < -0.39 is 21.1 Å². The Bertz CT molecular complexity index is 1610. The van der Waals surface area contributed by atoms with Crippen LogP contribution in [0.2, 0.25) is 0 Å². The number of rotatable bonds is 11. The normalized spacial score (nSPS) is 16.8. The maximum atomic E-state index is 16.0. The summed E-state index contributed by atoms with van der Waals surface area (Å²) >= 11 is 0. The Morgan fingerprint density at radius 3 is 2.55 bits per heavy atom. The Hall–Kier alpha value is -3.71. The molecule has 1 saturated carbocycles. The largest absolute Gasteiger partial charge is 0.490 e. The van der Waals surface area contributed by atoms with Crippen molar-refractivity contribution in [1.29, 1.82) is 0 Å². The van der Waals surface area contributed by atoms with Crippen LogP contribution in [-0.2, 0) is 14.8 Å². The summed E-state index contributed by atoms with van der Waals surface area (Å²) in [5.74, 6) is 0.157. The molecule has 1 aliphatic heterocycles. The summed E-state index contributed by atoms with van der Waals surface area (Å²) in [6.07, 6.45) is 5.85.